The second-order valence-electron chi connectivity index (χ2n) is 5.00. The van der Waals surface area contributed by atoms with E-state index in [1.807, 2.05) is 12.4 Å². The highest BCUT2D eigenvalue weighted by Crippen LogP contribution is 2.34. The first-order chi connectivity index (χ1) is 8.31. The van der Waals surface area contributed by atoms with Crippen molar-refractivity contribution in [3.05, 3.63) is 18.0 Å². The van der Waals surface area contributed by atoms with Crippen molar-refractivity contribution in [3.8, 4) is 0 Å². The molecule has 1 aliphatic carbocycles. The Kier molecular flexibility index (Phi) is 4.57. The molecule has 0 aromatic carbocycles. The molecule has 0 radical (unpaired) electrons. The Hall–Kier alpha value is -0.870. The molecule has 0 amide bonds. The van der Waals surface area contributed by atoms with Crippen LogP contribution in [0.2, 0.25) is 0 Å². The van der Waals surface area contributed by atoms with Crippen molar-refractivity contribution in [1.29, 1.82) is 0 Å². The van der Waals surface area contributed by atoms with Gasteiger partial charge in [0.1, 0.15) is 0 Å². The van der Waals surface area contributed by atoms with Crippen LogP contribution in [0, 0.1) is 5.92 Å². The number of nitrogens with one attached hydrogen (secondary N) is 1. The van der Waals surface area contributed by atoms with Gasteiger partial charge in [-0.1, -0.05) is 19.8 Å². The Bertz CT molecular complexity index is 333. The first-order valence-corrected chi connectivity index (χ1v) is 6.67. The normalized spacial score (nSPS) is 17.3. The molecule has 1 fully saturated rings. The van der Waals surface area contributed by atoms with Gasteiger partial charge >= 0.3 is 0 Å². The Morgan fingerprint density at radius 2 is 2.41 bits per heavy atom. The van der Waals surface area contributed by atoms with E-state index in [0.29, 0.717) is 12.6 Å². The predicted octanol–water partition coefficient (Wildman–Crippen LogP) is 1.54. The van der Waals surface area contributed by atoms with Crippen LogP contribution in [-0.4, -0.2) is 27.5 Å². The van der Waals surface area contributed by atoms with Gasteiger partial charge in [-0.25, -0.2) is 0 Å². The molecular formula is C13H23N3O. The number of aliphatic hydroxyl groups is 1. The predicted molar refractivity (Wildman–Crippen MR) is 67.6 cm³/mol. The summed E-state index contributed by atoms with van der Waals surface area (Å²) in [4.78, 5) is 0. The van der Waals surface area contributed by atoms with Crippen LogP contribution in [0.1, 0.15) is 38.2 Å². The van der Waals surface area contributed by atoms with Crippen molar-refractivity contribution in [1.82, 2.24) is 15.1 Å². The van der Waals surface area contributed by atoms with Crippen molar-refractivity contribution in [2.75, 3.05) is 6.61 Å². The fourth-order valence-corrected chi connectivity index (χ4v) is 2.13. The number of aromatic nitrogens is 2. The quantitative estimate of drug-likeness (QED) is 0.721. The minimum Gasteiger partial charge on any atom is -0.394 e. The summed E-state index contributed by atoms with van der Waals surface area (Å²) in [6, 6.07) is 0.642. The molecular weight excluding hydrogens is 214 g/mol. The monoisotopic (exact) mass is 237 g/mol. The summed E-state index contributed by atoms with van der Waals surface area (Å²) in [7, 11) is 0. The summed E-state index contributed by atoms with van der Waals surface area (Å²) in [6.45, 7) is 3.86. The molecule has 17 heavy (non-hydrogen) atoms. The van der Waals surface area contributed by atoms with Gasteiger partial charge in [-0.15, -0.1) is 0 Å². The van der Waals surface area contributed by atoms with E-state index >= 15 is 0 Å². The van der Waals surface area contributed by atoms with E-state index in [1.165, 1.54) is 31.2 Å². The molecule has 4 heteroatoms. The smallest absolute Gasteiger partial charge is 0.0640 e. The van der Waals surface area contributed by atoms with Crippen LogP contribution in [0.15, 0.2) is 12.4 Å². The van der Waals surface area contributed by atoms with E-state index in [0.717, 1.165) is 12.5 Å². The van der Waals surface area contributed by atoms with Crippen molar-refractivity contribution in [3.63, 3.8) is 0 Å². The van der Waals surface area contributed by atoms with Gasteiger partial charge in [0.2, 0.25) is 0 Å². The SMILES string of the molecule is CCC(CC1CC1)NCc1cnn(CCO)c1. The third kappa shape index (κ3) is 4.13. The Balaban J connectivity index is 1.74. The molecule has 1 aliphatic rings. The van der Waals surface area contributed by atoms with E-state index in [9.17, 15) is 0 Å². The maximum atomic E-state index is 8.81. The largest absolute Gasteiger partial charge is 0.394 e. The minimum atomic E-state index is 0.147. The summed E-state index contributed by atoms with van der Waals surface area (Å²) in [6.07, 6.45) is 9.25. The van der Waals surface area contributed by atoms with Crippen LogP contribution in [-0.2, 0) is 13.1 Å². The summed E-state index contributed by atoms with van der Waals surface area (Å²) in [5.74, 6) is 0.976. The van der Waals surface area contributed by atoms with Crippen LogP contribution in [0.25, 0.3) is 0 Å². The minimum absolute atomic E-state index is 0.147. The zero-order chi connectivity index (χ0) is 12.1. The first kappa shape index (κ1) is 12.6. The van der Waals surface area contributed by atoms with E-state index in [2.05, 4.69) is 17.3 Å². The number of hydrogen-bond acceptors (Lipinski definition) is 3. The highest BCUT2D eigenvalue weighted by Gasteiger charge is 2.24. The second-order valence-corrected chi connectivity index (χ2v) is 5.00. The van der Waals surface area contributed by atoms with E-state index < -0.39 is 0 Å². The molecule has 1 aromatic heterocycles. The number of aliphatic hydroxyl groups excluding tert-OH is 1. The Labute approximate surface area is 103 Å². The fourth-order valence-electron chi connectivity index (χ4n) is 2.13. The molecule has 1 atom stereocenters. The van der Waals surface area contributed by atoms with Gasteiger partial charge in [0.05, 0.1) is 19.3 Å². The van der Waals surface area contributed by atoms with Gasteiger partial charge in [-0.05, 0) is 18.8 Å². The van der Waals surface area contributed by atoms with Crippen LogP contribution < -0.4 is 5.32 Å². The molecule has 96 valence electrons. The van der Waals surface area contributed by atoms with Crippen molar-refractivity contribution >= 4 is 0 Å². The molecule has 1 aromatic rings. The van der Waals surface area contributed by atoms with E-state index in [1.54, 1.807) is 4.68 Å². The third-order valence-electron chi connectivity index (χ3n) is 3.42. The molecule has 0 bridgehead atoms. The maximum Gasteiger partial charge on any atom is 0.0640 e. The summed E-state index contributed by atoms with van der Waals surface area (Å²) >= 11 is 0. The Morgan fingerprint density at radius 1 is 1.59 bits per heavy atom. The average Bonchev–Trinajstić information content (AvgIpc) is 3.04. The maximum absolute atomic E-state index is 8.81. The van der Waals surface area contributed by atoms with Crippen LogP contribution >= 0.6 is 0 Å². The molecule has 0 aliphatic heterocycles. The van der Waals surface area contributed by atoms with Crippen LogP contribution in [0.5, 0.6) is 0 Å². The molecule has 1 heterocycles. The van der Waals surface area contributed by atoms with Gasteiger partial charge < -0.3 is 10.4 Å². The van der Waals surface area contributed by atoms with Crippen molar-refractivity contribution < 1.29 is 5.11 Å². The number of nitrogens with zero attached hydrogens (tertiary/aromatic N) is 2. The molecule has 0 spiro atoms. The van der Waals surface area contributed by atoms with Gasteiger partial charge in [-0.2, -0.15) is 5.10 Å². The van der Waals surface area contributed by atoms with Crippen molar-refractivity contribution in [2.24, 2.45) is 5.92 Å². The van der Waals surface area contributed by atoms with Crippen LogP contribution in [0.4, 0.5) is 0 Å². The van der Waals surface area contributed by atoms with Gasteiger partial charge in [0, 0.05) is 24.3 Å². The number of hydrogen-bond donors (Lipinski definition) is 2. The third-order valence-corrected chi connectivity index (χ3v) is 3.42. The lowest BCUT2D eigenvalue weighted by atomic mass is 10.1. The molecule has 2 rings (SSSR count). The topological polar surface area (TPSA) is 50.1 Å². The molecule has 1 saturated carbocycles. The van der Waals surface area contributed by atoms with Crippen molar-refractivity contribution in [2.45, 2.75) is 51.7 Å². The molecule has 1 unspecified atom stereocenters. The van der Waals surface area contributed by atoms with Gasteiger partial charge in [0.15, 0.2) is 0 Å². The molecule has 4 nitrogen and oxygen atoms in total. The fraction of sp³-hybridized carbons (Fsp3) is 0.769. The van der Waals surface area contributed by atoms with Gasteiger partial charge in [0.25, 0.3) is 0 Å². The standard InChI is InChI=1S/C13H23N3O/c1-2-13(7-11-3-4-11)14-8-12-9-15-16(10-12)5-6-17/h9-11,13-14,17H,2-8H2,1H3. The summed E-state index contributed by atoms with van der Waals surface area (Å²) < 4.78 is 1.79. The second kappa shape index (κ2) is 6.17. The average molecular weight is 237 g/mol. The molecule has 0 saturated heterocycles. The van der Waals surface area contributed by atoms with E-state index in [-0.39, 0.29) is 6.61 Å². The number of rotatable bonds is 8. The Morgan fingerprint density at radius 3 is 3.06 bits per heavy atom. The highest BCUT2D eigenvalue weighted by molar-refractivity contribution is 5.03. The zero-order valence-corrected chi connectivity index (χ0v) is 10.6. The summed E-state index contributed by atoms with van der Waals surface area (Å²) in [5, 5.41) is 16.6. The lowest BCUT2D eigenvalue weighted by molar-refractivity contribution is 0.269. The lowest BCUT2D eigenvalue weighted by Gasteiger charge is -2.15. The zero-order valence-electron chi connectivity index (χ0n) is 10.6. The first-order valence-electron chi connectivity index (χ1n) is 6.67. The molecule has 2 N–H and O–H groups in total. The van der Waals surface area contributed by atoms with Gasteiger partial charge in [-0.3, -0.25) is 4.68 Å². The lowest BCUT2D eigenvalue weighted by Crippen LogP contribution is -2.28. The van der Waals surface area contributed by atoms with Crippen LogP contribution in [0.3, 0.4) is 0 Å². The highest BCUT2D eigenvalue weighted by atomic mass is 16.3. The van der Waals surface area contributed by atoms with E-state index in [4.69, 9.17) is 5.11 Å². The summed E-state index contributed by atoms with van der Waals surface area (Å²) in [5.41, 5.74) is 1.20.